The van der Waals surface area contributed by atoms with Crippen LogP contribution in [-0.4, -0.2) is 5.84 Å². The van der Waals surface area contributed by atoms with E-state index in [9.17, 15) is 13.2 Å². The van der Waals surface area contributed by atoms with Crippen molar-refractivity contribution >= 4 is 11.5 Å². The first-order chi connectivity index (χ1) is 12.6. The van der Waals surface area contributed by atoms with Crippen LogP contribution in [0.2, 0.25) is 0 Å². The van der Waals surface area contributed by atoms with Crippen molar-refractivity contribution in [1.82, 2.24) is 0 Å². The van der Waals surface area contributed by atoms with Gasteiger partial charge in [0.2, 0.25) is 5.84 Å². The number of hydrogen-bond acceptors (Lipinski definition) is 1. The maximum atomic E-state index is 13.9. The van der Waals surface area contributed by atoms with E-state index in [4.69, 9.17) is 5.84 Å². The third-order valence-corrected chi connectivity index (χ3v) is 4.01. The van der Waals surface area contributed by atoms with Crippen molar-refractivity contribution in [2.75, 3.05) is 0 Å². The van der Waals surface area contributed by atoms with Gasteiger partial charge in [0.25, 0.3) is 6.43 Å². The molecule has 3 rings (SSSR count). The Morgan fingerprint density at radius 3 is 2.15 bits per heavy atom. The number of rotatable bonds is 4. The molecule has 3 nitrogen and oxygen atoms in total. The molecule has 0 aliphatic heterocycles. The molecule has 0 unspecified atom stereocenters. The second kappa shape index (κ2) is 7.84. The van der Waals surface area contributed by atoms with Gasteiger partial charge in [0, 0.05) is 11.6 Å². The van der Waals surface area contributed by atoms with E-state index in [1.165, 1.54) is 17.4 Å². The number of quaternary nitrogens is 1. The summed E-state index contributed by atoms with van der Waals surface area (Å²) in [5, 5.41) is 4.95. The topological polar surface area (TPSA) is 52.8 Å². The van der Waals surface area contributed by atoms with E-state index in [-0.39, 0.29) is 17.1 Å². The molecule has 0 saturated heterocycles. The molecule has 3 aromatic carbocycles. The predicted molar refractivity (Wildman–Crippen MR) is 95.7 cm³/mol. The molecule has 0 saturated carbocycles. The Labute approximate surface area is 149 Å². The van der Waals surface area contributed by atoms with Gasteiger partial charge in [-0.1, -0.05) is 54.6 Å². The second-order valence-corrected chi connectivity index (χ2v) is 5.60. The number of alkyl halides is 2. The summed E-state index contributed by atoms with van der Waals surface area (Å²) in [6.07, 6.45) is -2.63. The van der Waals surface area contributed by atoms with Crippen molar-refractivity contribution in [2.24, 2.45) is 5.10 Å². The first kappa shape index (κ1) is 17.7. The van der Waals surface area contributed by atoms with Crippen LogP contribution in [-0.2, 0) is 0 Å². The summed E-state index contributed by atoms with van der Waals surface area (Å²) in [5.74, 6) is 7.24. The quantitative estimate of drug-likeness (QED) is 0.295. The van der Waals surface area contributed by atoms with Crippen molar-refractivity contribution in [3.05, 3.63) is 95.6 Å². The van der Waals surface area contributed by atoms with Crippen LogP contribution in [0.5, 0.6) is 0 Å². The van der Waals surface area contributed by atoms with Crippen LogP contribution in [0.3, 0.4) is 0 Å². The van der Waals surface area contributed by atoms with E-state index in [0.29, 0.717) is 16.7 Å². The number of halogens is 3. The van der Waals surface area contributed by atoms with Crippen molar-refractivity contribution < 1.29 is 18.5 Å². The molecule has 6 heteroatoms. The third kappa shape index (κ3) is 3.60. The summed E-state index contributed by atoms with van der Waals surface area (Å²) in [6, 6.07) is 19.1. The first-order valence-corrected chi connectivity index (χ1v) is 7.92. The molecule has 0 aromatic heterocycles. The molecule has 0 fully saturated rings. The van der Waals surface area contributed by atoms with E-state index in [1.54, 1.807) is 60.7 Å². The highest BCUT2D eigenvalue weighted by atomic mass is 19.3. The smallest absolute Gasteiger partial charge is 0.264 e. The van der Waals surface area contributed by atoms with Gasteiger partial charge in [0.15, 0.2) is 11.5 Å². The lowest BCUT2D eigenvalue weighted by Crippen LogP contribution is -2.83. The maximum Gasteiger partial charge on any atom is 0.264 e. The Morgan fingerprint density at radius 1 is 0.846 bits per heavy atom. The molecule has 132 valence electrons. The average Bonchev–Trinajstić information content (AvgIpc) is 2.67. The van der Waals surface area contributed by atoms with Gasteiger partial charge in [-0.3, -0.25) is 5.32 Å². The Hall–Kier alpha value is -3.12. The number of hydrogen-bond donors (Lipinski definition) is 1. The van der Waals surface area contributed by atoms with Crippen molar-refractivity contribution in [3.63, 3.8) is 0 Å². The zero-order valence-electron chi connectivity index (χ0n) is 13.7. The Bertz CT molecular complexity index is 939. The maximum absolute atomic E-state index is 13.9. The molecule has 0 aliphatic rings. The SMILES string of the molecule is [NH-]N=C([NH2+]c1ccccc1F)c1ccccc1-c1ccccc1C(F)F. The van der Waals surface area contributed by atoms with Crippen LogP contribution in [0.25, 0.3) is 17.0 Å². The van der Waals surface area contributed by atoms with Gasteiger partial charge >= 0.3 is 0 Å². The number of nitrogens with one attached hydrogen (secondary N) is 1. The molecule has 0 spiro atoms. The highest BCUT2D eigenvalue weighted by molar-refractivity contribution is 6.00. The van der Waals surface area contributed by atoms with Crippen LogP contribution in [0.15, 0.2) is 77.9 Å². The van der Waals surface area contributed by atoms with Gasteiger partial charge < -0.3 is 10.9 Å². The van der Waals surface area contributed by atoms with E-state index in [2.05, 4.69) is 5.10 Å². The first-order valence-electron chi connectivity index (χ1n) is 7.92. The number of para-hydroxylation sites is 1. The van der Waals surface area contributed by atoms with E-state index < -0.39 is 12.2 Å². The zero-order chi connectivity index (χ0) is 18.5. The van der Waals surface area contributed by atoms with Gasteiger partial charge in [0.1, 0.15) is 0 Å². The van der Waals surface area contributed by atoms with Crippen molar-refractivity contribution in [2.45, 2.75) is 6.43 Å². The van der Waals surface area contributed by atoms with Crippen LogP contribution in [0, 0.1) is 5.82 Å². The molecule has 3 aromatic rings. The van der Waals surface area contributed by atoms with Crippen molar-refractivity contribution in [3.8, 4) is 11.1 Å². The minimum atomic E-state index is -2.63. The Kier molecular flexibility index (Phi) is 5.34. The van der Waals surface area contributed by atoms with Gasteiger partial charge in [-0.05, 0) is 23.3 Å². The molecule has 0 atom stereocenters. The van der Waals surface area contributed by atoms with Crippen LogP contribution >= 0.6 is 0 Å². The van der Waals surface area contributed by atoms with E-state index in [0.717, 1.165) is 0 Å². The molecule has 26 heavy (non-hydrogen) atoms. The summed E-state index contributed by atoms with van der Waals surface area (Å²) in [6.45, 7) is 0. The highest BCUT2D eigenvalue weighted by Crippen LogP contribution is 2.32. The standard InChI is InChI=1S/C20H15F3N3/c21-17-11-5-6-12-18(17)25-20(26-24)16-10-4-2-8-14(16)13-7-1-3-9-15(13)19(22)23/h1-12,19,24H,(H,25,26)/q-1/p+1. The molecule has 0 amide bonds. The molecule has 3 N–H and O–H groups in total. The van der Waals surface area contributed by atoms with Crippen LogP contribution < -0.4 is 5.32 Å². The predicted octanol–water partition coefficient (Wildman–Crippen LogP) is 5.04. The lowest BCUT2D eigenvalue weighted by Gasteiger charge is -2.14. The summed E-state index contributed by atoms with van der Waals surface area (Å²) < 4.78 is 40.8. The van der Waals surface area contributed by atoms with E-state index in [1.807, 2.05) is 0 Å². The summed E-state index contributed by atoms with van der Waals surface area (Å²) >= 11 is 0. The molecule has 0 bridgehead atoms. The Balaban J connectivity index is 2.08. The fraction of sp³-hybridized carbons (Fsp3) is 0.0500. The van der Waals surface area contributed by atoms with Crippen molar-refractivity contribution in [1.29, 1.82) is 0 Å². The molecular weight excluding hydrogens is 339 g/mol. The number of nitrogens with zero attached hydrogens (tertiary/aromatic N) is 1. The monoisotopic (exact) mass is 355 g/mol. The molecule has 0 radical (unpaired) electrons. The molecule has 0 aliphatic carbocycles. The lowest BCUT2D eigenvalue weighted by atomic mass is 9.95. The fourth-order valence-electron chi connectivity index (χ4n) is 2.78. The lowest BCUT2D eigenvalue weighted by molar-refractivity contribution is -0.445. The Morgan fingerprint density at radius 2 is 1.46 bits per heavy atom. The number of amidine groups is 1. The summed E-state index contributed by atoms with van der Waals surface area (Å²) in [5.41, 5.74) is 1.53. The number of benzene rings is 3. The van der Waals surface area contributed by atoms with Crippen LogP contribution in [0.1, 0.15) is 17.6 Å². The zero-order valence-corrected chi connectivity index (χ0v) is 13.7. The highest BCUT2D eigenvalue weighted by Gasteiger charge is 2.20. The van der Waals surface area contributed by atoms with Gasteiger partial charge in [-0.2, -0.15) is 0 Å². The van der Waals surface area contributed by atoms with E-state index >= 15 is 0 Å². The minimum Gasteiger partial charge on any atom is -0.612 e. The van der Waals surface area contributed by atoms with Crippen LogP contribution in [0.4, 0.5) is 18.9 Å². The second-order valence-electron chi connectivity index (χ2n) is 5.60. The largest absolute Gasteiger partial charge is 0.612 e. The normalized spacial score (nSPS) is 11.8. The summed E-state index contributed by atoms with van der Waals surface area (Å²) in [7, 11) is 0. The average molecular weight is 355 g/mol. The summed E-state index contributed by atoms with van der Waals surface area (Å²) in [4.78, 5) is 0. The molecular formula is C20H16F3N3. The number of nitrogens with two attached hydrogens (primary N) is 1. The fourth-order valence-corrected chi connectivity index (χ4v) is 2.78. The third-order valence-electron chi connectivity index (χ3n) is 4.01. The van der Waals surface area contributed by atoms with Gasteiger partial charge in [-0.15, -0.1) is 0 Å². The van der Waals surface area contributed by atoms with Gasteiger partial charge in [-0.25, -0.2) is 13.2 Å². The van der Waals surface area contributed by atoms with Gasteiger partial charge in [0.05, 0.1) is 5.56 Å². The minimum absolute atomic E-state index is 0.102. The molecule has 0 heterocycles.